The van der Waals surface area contributed by atoms with Gasteiger partial charge in [-0.25, -0.2) is 9.67 Å². The van der Waals surface area contributed by atoms with Gasteiger partial charge in [0, 0.05) is 28.8 Å². The first-order chi connectivity index (χ1) is 10.1. The molecule has 0 aromatic carbocycles. The molecular formula is C16H26N4S. The van der Waals surface area contributed by atoms with E-state index in [0.29, 0.717) is 12.0 Å². The average molecular weight is 306 g/mol. The number of rotatable bonds is 8. The molecule has 1 N–H and O–H groups in total. The van der Waals surface area contributed by atoms with E-state index in [1.165, 1.54) is 9.75 Å². The van der Waals surface area contributed by atoms with Gasteiger partial charge < -0.3 is 5.32 Å². The second-order valence-electron chi connectivity index (χ2n) is 5.72. The summed E-state index contributed by atoms with van der Waals surface area (Å²) in [7, 11) is 0. The minimum Gasteiger partial charge on any atom is -0.309 e. The van der Waals surface area contributed by atoms with Crippen LogP contribution in [0.5, 0.6) is 0 Å². The van der Waals surface area contributed by atoms with Crippen molar-refractivity contribution in [2.75, 3.05) is 6.54 Å². The molecule has 0 radical (unpaired) electrons. The molecule has 4 nitrogen and oxygen atoms in total. The van der Waals surface area contributed by atoms with Gasteiger partial charge in [-0.05, 0) is 31.0 Å². The summed E-state index contributed by atoms with van der Waals surface area (Å²) < 4.78 is 2.04. The van der Waals surface area contributed by atoms with Gasteiger partial charge in [0.25, 0.3) is 0 Å². The van der Waals surface area contributed by atoms with Crippen molar-refractivity contribution in [1.29, 1.82) is 0 Å². The monoisotopic (exact) mass is 306 g/mol. The molecule has 0 bridgehead atoms. The zero-order valence-electron chi connectivity index (χ0n) is 13.5. The van der Waals surface area contributed by atoms with Crippen LogP contribution in [0.2, 0.25) is 0 Å². The Morgan fingerprint density at radius 2 is 2.10 bits per heavy atom. The molecule has 2 aromatic rings. The van der Waals surface area contributed by atoms with Gasteiger partial charge in [0.2, 0.25) is 0 Å². The Morgan fingerprint density at radius 1 is 1.29 bits per heavy atom. The third kappa shape index (κ3) is 4.38. The predicted molar refractivity (Wildman–Crippen MR) is 88.7 cm³/mol. The summed E-state index contributed by atoms with van der Waals surface area (Å²) in [5.74, 6) is 1.65. The lowest BCUT2D eigenvalue weighted by molar-refractivity contribution is 0.448. The topological polar surface area (TPSA) is 42.7 Å². The molecule has 0 amide bonds. The molecular weight excluding hydrogens is 280 g/mol. The maximum Gasteiger partial charge on any atom is 0.138 e. The molecule has 21 heavy (non-hydrogen) atoms. The van der Waals surface area contributed by atoms with Crippen LogP contribution >= 0.6 is 11.3 Å². The molecule has 1 atom stereocenters. The molecule has 116 valence electrons. The van der Waals surface area contributed by atoms with Crippen LogP contribution < -0.4 is 5.32 Å². The maximum atomic E-state index is 4.46. The molecule has 0 aliphatic heterocycles. The number of nitrogens with zero attached hydrogens (tertiary/aromatic N) is 3. The van der Waals surface area contributed by atoms with Crippen LogP contribution in [0.1, 0.15) is 49.3 Å². The molecule has 2 aromatic heterocycles. The van der Waals surface area contributed by atoms with E-state index < -0.39 is 0 Å². The van der Waals surface area contributed by atoms with Crippen LogP contribution in [0.4, 0.5) is 0 Å². The van der Waals surface area contributed by atoms with Crippen LogP contribution in [-0.4, -0.2) is 21.3 Å². The van der Waals surface area contributed by atoms with Crippen LogP contribution in [0.3, 0.4) is 0 Å². The highest BCUT2D eigenvalue weighted by atomic mass is 32.1. The Morgan fingerprint density at radius 3 is 2.71 bits per heavy atom. The highest BCUT2D eigenvalue weighted by Gasteiger charge is 2.17. The second-order valence-corrected chi connectivity index (χ2v) is 6.92. The number of aryl methyl sites for hydroxylation is 1. The van der Waals surface area contributed by atoms with Gasteiger partial charge in [-0.15, -0.1) is 11.3 Å². The highest BCUT2D eigenvalue weighted by molar-refractivity contribution is 7.12. The number of thiophene rings is 1. The molecule has 0 aliphatic carbocycles. The molecule has 0 spiro atoms. The van der Waals surface area contributed by atoms with Crippen molar-refractivity contribution in [3.63, 3.8) is 0 Å². The van der Waals surface area contributed by atoms with E-state index in [2.05, 4.69) is 55.2 Å². The lowest BCUT2D eigenvalue weighted by atomic mass is 10.1. The molecule has 0 fully saturated rings. The fraction of sp³-hybridized carbons (Fsp3) is 0.625. The van der Waals surface area contributed by atoms with Crippen LogP contribution in [0.15, 0.2) is 18.5 Å². The summed E-state index contributed by atoms with van der Waals surface area (Å²) in [5.41, 5.74) is 0. The highest BCUT2D eigenvalue weighted by Crippen LogP contribution is 2.26. The lowest BCUT2D eigenvalue weighted by Crippen LogP contribution is -2.24. The first kappa shape index (κ1) is 16.2. The smallest absolute Gasteiger partial charge is 0.138 e. The van der Waals surface area contributed by atoms with Gasteiger partial charge in [0.05, 0.1) is 0 Å². The molecule has 2 rings (SSSR count). The van der Waals surface area contributed by atoms with E-state index in [-0.39, 0.29) is 0 Å². The van der Waals surface area contributed by atoms with Gasteiger partial charge in [-0.1, -0.05) is 27.7 Å². The van der Waals surface area contributed by atoms with Crippen LogP contribution in [-0.2, 0) is 19.4 Å². The number of nitrogens with one attached hydrogen (secondary N) is 1. The Kier molecular flexibility index (Phi) is 5.94. The van der Waals surface area contributed by atoms with E-state index in [1.807, 2.05) is 16.0 Å². The van der Waals surface area contributed by atoms with Gasteiger partial charge in [-0.2, -0.15) is 5.10 Å². The largest absolute Gasteiger partial charge is 0.309 e. The molecule has 0 saturated carbocycles. The summed E-state index contributed by atoms with van der Waals surface area (Å²) in [6.45, 7) is 10.7. The fourth-order valence-electron chi connectivity index (χ4n) is 2.42. The minimum atomic E-state index is 0.329. The van der Waals surface area contributed by atoms with Gasteiger partial charge in [0.15, 0.2) is 0 Å². The SMILES string of the molecule is CCNC(Cc1ncnn1CC(C)C)c1ccc(CC)s1. The first-order valence-corrected chi connectivity index (χ1v) is 8.64. The molecule has 1 unspecified atom stereocenters. The lowest BCUT2D eigenvalue weighted by Gasteiger charge is -2.17. The number of likely N-dealkylation sites (N-methyl/N-ethyl adjacent to an activating group) is 1. The molecule has 2 heterocycles. The molecule has 5 heteroatoms. The Labute approximate surface area is 131 Å². The Bertz CT molecular complexity index is 544. The van der Waals surface area contributed by atoms with E-state index in [4.69, 9.17) is 0 Å². The van der Waals surface area contributed by atoms with Crippen molar-refractivity contribution in [3.8, 4) is 0 Å². The summed E-state index contributed by atoms with van der Waals surface area (Å²) in [6.07, 6.45) is 3.67. The van der Waals surface area contributed by atoms with E-state index in [9.17, 15) is 0 Å². The maximum absolute atomic E-state index is 4.46. The van der Waals surface area contributed by atoms with E-state index in [1.54, 1.807) is 6.33 Å². The van der Waals surface area contributed by atoms with Crippen molar-refractivity contribution >= 4 is 11.3 Å². The second kappa shape index (κ2) is 7.71. The van der Waals surface area contributed by atoms with Crippen LogP contribution in [0, 0.1) is 5.92 Å². The third-order valence-corrected chi connectivity index (χ3v) is 4.79. The summed E-state index contributed by atoms with van der Waals surface area (Å²) in [4.78, 5) is 7.30. The van der Waals surface area contributed by atoms with Gasteiger partial charge in [0.1, 0.15) is 12.2 Å². The van der Waals surface area contributed by atoms with Gasteiger partial charge >= 0.3 is 0 Å². The van der Waals surface area contributed by atoms with Crippen molar-refractivity contribution < 1.29 is 0 Å². The van der Waals surface area contributed by atoms with Gasteiger partial charge in [-0.3, -0.25) is 0 Å². The Hall–Kier alpha value is -1.20. The minimum absolute atomic E-state index is 0.329. The summed E-state index contributed by atoms with van der Waals surface area (Å²) >= 11 is 1.90. The van der Waals surface area contributed by atoms with Crippen molar-refractivity contribution in [2.24, 2.45) is 5.92 Å². The summed E-state index contributed by atoms with van der Waals surface area (Å²) in [6, 6.07) is 4.82. The van der Waals surface area contributed by atoms with Crippen molar-refractivity contribution in [2.45, 2.75) is 53.1 Å². The molecule has 0 saturated heterocycles. The van der Waals surface area contributed by atoms with E-state index >= 15 is 0 Å². The normalized spacial score (nSPS) is 13.0. The fourth-order valence-corrected chi connectivity index (χ4v) is 3.45. The van der Waals surface area contributed by atoms with E-state index in [0.717, 1.165) is 31.8 Å². The third-order valence-electron chi connectivity index (χ3n) is 3.45. The average Bonchev–Trinajstić information content (AvgIpc) is 3.07. The van der Waals surface area contributed by atoms with Crippen molar-refractivity contribution in [3.05, 3.63) is 34.0 Å². The standard InChI is InChI=1S/C16H26N4S/c1-5-13-7-8-15(21-13)14(17-6-2)9-16-18-11-19-20(16)10-12(3)4/h7-8,11-12,14,17H,5-6,9-10H2,1-4H3. The predicted octanol–water partition coefficient (Wildman–Crippen LogP) is 3.45. The first-order valence-electron chi connectivity index (χ1n) is 7.82. The number of hydrogen-bond acceptors (Lipinski definition) is 4. The van der Waals surface area contributed by atoms with Crippen LogP contribution in [0.25, 0.3) is 0 Å². The zero-order chi connectivity index (χ0) is 15.2. The number of aromatic nitrogens is 3. The quantitative estimate of drug-likeness (QED) is 0.812. The zero-order valence-corrected chi connectivity index (χ0v) is 14.3. The molecule has 0 aliphatic rings. The Balaban J connectivity index is 2.14. The number of hydrogen-bond donors (Lipinski definition) is 1. The summed E-state index contributed by atoms with van der Waals surface area (Å²) in [5, 5.41) is 7.95. The van der Waals surface area contributed by atoms with Crippen molar-refractivity contribution in [1.82, 2.24) is 20.1 Å².